The Morgan fingerprint density at radius 1 is 1.42 bits per heavy atom. The van der Waals surface area contributed by atoms with Crippen LogP contribution in [-0.4, -0.2) is 45.0 Å². The Balaban J connectivity index is 1.61. The molecule has 6 nitrogen and oxygen atoms in total. The Kier molecular flexibility index (Phi) is 4.17. The number of hydrogen-bond acceptors (Lipinski definition) is 6. The standard InChI is InChI=1S/C16H17N5OS2/c1-20-5-4-18-14(20)12-8-17-3-6-21(12)16(22)13-9-19-15(24-13)11-2-7-23-10-11/h2,4-5,7,9-10,12,17H,3,6,8H2,1H3. The van der Waals surface area contributed by atoms with Crippen molar-refractivity contribution in [1.29, 1.82) is 0 Å². The summed E-state index contributed by atoms with van der Waals surface area (Å²) in [5, 5.41) is 8.32. The average molecular weight is 359 g/mol. The molecule has 1 saturated heterocycles. The maximum Gasteiger partial charge on any atom is 0.266 e. The number of carbonyl (C=O) groups is 1. The Morgan fingerprint density at radius 3 is 3.08 bits per heavy atom. The molecule has 8 heteroatoms. The monoisotopic (exact) mass is 359 g/mol. The number of piperazine rings is 1. The van der Waals surface area contributed by atoms with Gasteiger partial charge < -0.3 is 14.8 Å². The van der Waals surface area contributed by atoms with E-state index in [1.807, 2.05) is 34.2 Å². The van der Waals surface area contributed by atoms with Gasteiger partial charge in [0.1, 0.15) is 21.8 Å². The highest BCUT2D eigenvalue weighted by Crippen LogP contribution is 2.29. The number of aromatic nitrogens is 3. The molecule has 1 atom stereocenters. The maximum absolute atomic E-state index is 13.0. The molecule has 0 radical (unpaired) electrons. The van der Waals surface area contributed by atoms with E-state index in [1.54, 1.807) is 23.7 Å². The van der Waals surface area contributed by atoms with E-state index in [1.165, 1.54) is 11.3 Å². The van der Waals surface area contributed by atoms with Gasteiger partial charge in [0.05, 0.1) is 6.20 Å². The molecule has 4 heterocycles. The zero-order chi connectivity index (χ0) is 16.5. The number of amides is 1. The molecule has 3 aromatic rings. The van der Waals surface area contributed by atoms with Crippen molar-refractivity contribution in [2.24, 2.45) is 7.05 Å². The lowest BCUT2D eigenvalue weighted by Crippen LogP contribution is -2.49. The zero-order valence-corrected chi connectivity index (χ0v) is 14.8. The summed E-state index contributed by atoms with van der Waals surface area (Å²) in [7, 11) is 1.96. The zero-order valence-electron chi connectivity index (χ0n) is 13.2. The molecule has 24 heavy (non-hydrogen) atoms. The molecule has 1 aliphatic heterocycles. The van der Waals surface area contributed by atoms with Crippen LogP contribution in [0.5, 0.6) is 0 Å². The number of nitrogens with one attached hydrogen (secondary N) is 1. The van der Waals surface area contributed by atoms with E-state index < -0.39 is 0 Å². The Hall–Kier alpha value is -2.03. The molecule has 1 fully saturated rings. The summed E-state index contributed by atoms with van der Waals surface area (Å²) in [5.41, 5.74) is 1.07. The predicted octanol–water partition coefficient (Wildman–Crippen LogP) is 2.39. The van der Waals surface area contributed by atoms with E-state index in [2.05, 4.69) is 20.7 Å². The van der Waals surface area contributed by atoms with Gasteiger partial charge in [0.25, 0.3) is 5.91 Å². The van der Waals surface area contributed by atoms with Crippen LogP contribution in [0, 0.1) is 0 Å². The minimum atomic E-state index is -0.0575. The van der Waals surface area contributed by atoms with E-state index in [0.717, 1.165) is 22.9 Å². The summed E-state index contributed by atoms with van der Waals surface area (Å²) in [5.74, 6) is 0.932. The molecule has 1 unspecified atom stereocenters. The van der Waals surface area contributed by atoms with Gasteiger partial charge in [-0.1, -0.05) is 0 Å². The summed E-state index contributed by atoms with van der Waals surface area (Å²) >= 11 is 3.09. The summed E-state index contributed by atoms with van der Waals surface area (Å²) < 4.78 is 1.97. The van der Waals surface area contributed by atoms with Gasteiger partial charge in [-0.15, -0.1) is 11.3 Å². The molecule has 124 valence electrons. The topological polar surface area (TPSA) is 63.1 Å². The molecule has 0 aliphatic carbocycles. The third-order valence-corrected chi connectivity index (χ3v) is 5.86. The van der Waals surface area contributed by atoms with Crippen LogP contribution >= 0.6 is 22.7 Å². The lowest BCUT2D eigenvalue weighted by molar-refractivity contribution is 0.0625. The van der Waals surface area contributed by atoms with Gasteiger partial charge in [0.15, 0.2) is 0 Å². The molecule has 0 aromatic carbocycles. The van der Waals surface area contributed by atoms with Crippen molar-refractivity contribution in [1.82, 2.24) is 24.8 Å². The second-order valence-electron chi connectivity index (χ2n) is 5.66. The Bertz CT molecular complexity index is 838. The third-order valence-electron chi connectivity index (χ3n) is 4.15. The first-order valence-electron chi connectivity index (χ1n) is 7.71. The highest BCUT2D eigenvalue weighted by molar-refractivity contribution is 7.17. The summed E-state index contributed by atoms with van der Waals surface area (Å²) in [6, 6.07) is 1.97. The number of imidazole rings is 1. The second-order valence-corrected chi connectivity index (χ2v) is 7.47. The average Bonchev–Trinajstić information content (AvgIpc) is 3.35. The third kappa shape index (κ3) is 2.77. The van der Waals surface area contributed by atoms with Crippen molar-refractivity contribution < 1.29 is 4.79 Å². The van der Waals surface area contributed by atoms with E-state index in [0.29, 0.717) is 18.0 Å². The number of nitrogens with zero attached hydrogens (tertiary/aromatic N) is 4. The highest BCUT2D eigenvalue weighted by atomic mass is 32.1. The van der Waals surface area contributed by atoms with Gasteiger partial charge >= 0.3 is 0 Å². The lowest BCUT2D eigenvalue weighted by atomic mass is 10.1. The number of hydrogen-bond donors (Lipinski definition) is 1. The van der Waals surface area contributed by atoms with Crippen molar-refractivity contribution in [3.05, 3.63) is 46.1 Å². The fraction of sp³-hybridized carbons (Fsp3) is 0.312. The fourth-order valence-corrected chi connectivity index (χ4v) is 4.49. The van der Waals surface area contributed by atoms with Crippen LogP contribution in [0.2, 0.25) is 0 Å². The molecule has 1 N–H and O–H groups in total. The number of aryl methyl sites for hydroxylation is 1. The molecule has 1 aliphatic rings. The number of thiophene rings is 1. The van der Waals surface area contributed by atoms with E-state index in [-0.39, 0.29) is 11.9 Å². The van der Waals surface area contributed by atoms with Gasteiger partial charge in [-0.25, -0.2) is 9.97 Å². The first-order valence-corrected chi connectivity index (χ1v) is 9.47. The van der Waals surface area contributed by atoms with Gasteiger partial charge in [0.2, 0.25) is 0 Å². The SMILES string of the molecule is Cn1ccnc1C1CNCCN1C(=O)c1cnc(-c2ccsc2)s1. The first-order chi connectivity index (χ1) is 11.7. The number of rotatable bonds is 3. The quantitative estimate of drug-likeness (QED) is 0.780. The van der Waals surface area contributed by atoms with Crippen molar-refractivity contribution in [2.45, 2.75) is 6.04 Å². The molecule has 4 rings (SSSR count). The van der Waals surface area contributed by atoms with Crippen LogP contribution in [0.4, 0.5) is 0 Å². The van der Waals surface area contributed by atoms with Crippen LogP contribution in [0.1, 0.15) is 21.5 Å². The van der Waals surface area contributed by atoms with E-state index in [9.17, 15) is 4.79 Å². The first kappa shape index (κ1) is 15.5. The smallest absolute Gasteiger partial charge is 0.266 e. The van der Waals surface area contributed by atoms with Crippen LogP contribution < -0.4 is 5.32 Å². The van der Waals surface area contributed by atoms with Crippen molar-refractivity contribution in [3.63, 3.8) is 0 Å². The van der Waals surface area contributed by atoms with E-state index in [4.69, 9.17) is 0 Å². The highest BCUT2D eigenvalue weighted by Gasteiger charge is 2.32. The molecule has 0 spiro atoms. The van der Waals surface area contributed by atoms with Gasteiger partial charge in [-0.05, 0) is 11.4 Å². The minimum Gasteiger partial charge on any atom is -0.336 e. The summed E-state index contributed by atoms with van der Waals surface area (Å²) in [4.78, 5) is 24.5. The molecule has 3 aromatic heterocycles. The largest absolute Gasteiger partial charge is 0.336 e. The lowest BCUT2D eigenvalue weighted by Gasteiger charge is -2.35. The van der Waals surface area contributed by atoms with Crippen molar-refractivity contribution in [3.8, 4) is 10.6 Å². The molecular formula is C16H17N5OS2. The summed E-state index contributed by atoms with van der Waals surface area (Å²) in [6.45, 7) is 2.18. The van der Waals surface area contributed by atoms with E-state index >= 15 is 0 Å². The normalized spacial score (nSPS) is 18.0. The molecule has 0 bridgehead atoms. The van der Waals surface area contributed by atoms with Crippen molar-refractivity contribution in [2.75, 3.05) is 19.6 Å². The fourth-order valence-electron chi connectivity index (χ4n) is 2.91. The van der Waals surface area contributed by atoms with Crippen LogP contribution in [0.25, 0.3) is 10.6 Å². The van der Waals surface area contributed by atoms with Gasteiger partial charge in [0, 0.05) is 50.0 Å². The summed E-state index contributed by atoms with van der Waals surface area (Å²) in [6.07, 6.45) is 5.37. The van der Waals surface area contributed by atoms with Gasteiger partial charge in [-0.2, -0.15) is 11.3 Å². The van der Waals surface area contributed by atoms with Crippen LogP contribution in [0.3, 0.4) is 0 Å². The molecular weight excluding hydrogens is 342 g/mol. The van der Waals surface area contributed by atoms with Crippen molar-refractivity contribution >= 4 is 28.6 Å². The number of carbonyl (C=O) groups excluding carboxylic acids is 1. The molecule has 1 amide bonds. The predicted molar refractivity (Wildman–Crippen MR) is 95.3 cm³/mol. The van der Waals surface area contributed by atoms with Crippen LogP contribution in [0.15, 0.2) is 35.4 Å². The number of thiazole rings is 1. The molecule has 0 saturated carbocycles. The Labute approximate surface area is 147 Å². The maximum atomic E-state index is 13.0. The van der Waals surface area contributed by atoms with Crippen LogP contribution in [-0.2, 0) is 7.05 Å². The minimum absolute atomic E-state index is 0.0310. The second kappa shape index (κ2) is 6.46. The Morgan fingerprint density at radius 2 is 2.33 bits per heavy atom. The van der Waals surface area contributed by atoms with Gasteiger partial charge in [-0.3, -0.25) is 4.79 Å².